The van der Waals surface area contributed by atoms with Gasteiger partial charge in [-0.15, -0.1) is 0 Å². The number of ether oxygens (including phenoxy) is 1. The van der Waals surface area contributed by atoms with E-state index in [2.05, 4.69) is 67.8 Å². The van der Waals surface area contributed by atoms with Gasteiger partial charge in [-0.3, -0.25) is 9.59 Å². The third kappa shape index (κ3) is 58.9. The summed E-state index contributed by atoms with van der Waals surface area (Å²) in [4.78, 5) is 24.5. The highest BCUT2D eigenvalue weighted by Gasteiger charge is 2.20. The van der Waals surface area contributed by atoms with Crippen LogP contribution in [0.25, 0.3) is 0 Å². The average Bonchev–Trinajstić information content (AvgIpc) is 3.39. The minimum atomic E-state index is -0.670. The maximum Gasteiger partial charge on any atom is 0.305 e. The summed E-state index contributed by atoms with van der Waals surface area (Å²) in [7, 11) is 0. The largest absolute Gasteiger partial charge is 0.465 e. The van der Waals surface area contributed by atoms with E-state index >= 15 is 0 Å². The van der Waals surface area contributed by atoms with Crippen LogP contribution in [0.5, 0.6) is 0 Å². The molecule has 0 fully saturated rings. The van der Waals surface area contributed by atoms with Gasteiger partial charge in [0.2, 0.25) is 5.91 Å². The zero-order valence-corrected chi connectivity index (χ0v) is 48.9. The Kier molecular flexibility index (Phi) is 60.5. The quantitative estimate of drug-likeness (QED) is 0.0320. The molecule has 6 nitrogen and oxygen atoms in total. The van der Waals surface area contributed by atoms with Gasteiger partial charge < -0.3 is 20.3 Å². The van der Waals surface area contributed by atoms with E-state index < -0.39 is 12.1 Å². The Morgan fingerprint density at radius 3 is 1.10 bits per heavy atom. The molecule has 428 valence electrons. The van der Waals surface area contributed by atoms with Crippen molar-refractivity contribution in [3.05, 3.63) is 48.6 Å². The van der Waals surface area contributed by atoms with Crippen molar-refractivity contribution in [2.75, 3.05) is 13.2 Å². The van der Waals surface area contributed by atoms with Crippen molar-refractivity contribution in [1.29, 1.82) is 0 Å². The summed E-state index contributed by atoms with van der Waals surface area (Å²) in [6, 6.07) is -0.548. The molecule has 3 N–H and O–H groups in total. The van der Waals surface area contributed by atoms with E-state index in [4.69, 9.17) is 4.74 Å². The lowest BCUT2D eigenvalue weighted by Crippen LogP contribution is -2.45. The number of esters is 1. The van der Waals surface area contributed by atoms with Crippen molar-refractivity contribution < 1.29 is 24.5 Å². The molecule has 0 rings (SSSR count). The summed E-state index contributed by atoms with van der Waals surface area (Å²) >= 11 is 0. The van der Waals surface area contributed by atoms with Gasteiger partial charge >= 0.3 is 5.97 Å². The van der Waals surface area contributed by atoms with Crippen LogP contribution in [0, 0.1) is 0 Å². The van der Waals surface area contributed by atoms with Gasteiger partial charge in [-0.05, 0) is 70.6 Å². The van der Waals surface area contributed by atoms with Crippen LogP contribution in [0.2, 0.25) is 0 Å². The monoisotopic (exact) mass is 1020 g/mol. The molecular formula is C67H125NO5. The van der Waals surface area contributed by atoms with Crippen LogP contribution in [-0.4, -0.2) is 47.4 Å². The second-order valence-corrected chi connectivity index (χ2v) is 22.1. The molecule has 0 aromatic rings. The van der Waals surface area contributed by atoms with Gasteiger partial charge in [0.05, 0.1) is 25.4 Å². The molecule has 0 aliphatic rings. The Morgan fingerprint density at radius 1 is 0.384 bits per heavy atom. The SMILES string of the molecule is CCC/C=C\C/C=C\CCCCCCCC(=O)OCC/C=C\C/C=C\CCCCCCCCCCCCCCCCC(=O)NC(CO)C(O)CCCCCCCCCCCCCCCCCCCCCCCC. The maximum absolute atomic E-state index is 12.5. The van der Waals surface area contributed by atoms with E-state index in [0.29, 0.717) is 25.9 Å². The van der Waals surface area contributed by atoms with Gasteiger partial charge in [-0.1, -0.05) is 306 Å². The normalized spacial score (nSPS) is 12.9. The number of rotatable bonds is 60. The second-order valence-electron chi connectivity index (χ2n) is 22.1. The molecule has 0 heterocycles. The molecular weight excluding hydrogens is 899 g/mol. The second kappa shape index (κ2) is 62.4. The van der Waals surface area contributed by atoms with Gasteiger partial charge in [0.15, 0.2) is 0 Å². The highest BCUT2D eigenvalue weighted by Crippen LogP contribution is 2.18. The average molecular weight is 1020 g/mol. The molecule has 0 spiro atoms. The molecule has 1 amide bonds. The zero-order chi connectivity index (χ0) is 52.9. The third-order valence-electron chi connectivity index (χ3n) is 14.9. The van der Waals surface area contributed by atoms with Gasteiger partial charge in [0, 0.05) is 12.8 Å². The minimum Gasteiger partial charge on any atom is -0.465 e. The summed E-state index contributed by atoms with van der Waals surface area (Å²) in [6.45, 7) is 4.79. The Labute approximate surface area is 455 Å². The topological polar surface area (TPSA) is 95.9 Å². The fourth-order valence-electron chi connectivity index (χ4n) is 9.93. The van der Waals surface area contributed by atoms with E-state index in [9.17, 15) is 19.8 Å². The highest BCUT2D eigenvalue weighted by molar-refractivity contribution is 5.76. The number of allylic oxidation sites excluding steroid dienone is 7. The molecule has 6 heteroatoms. The fraction of sp³-hybridized carbons (Fsp3) is 0.851. The Hall–Kier alpha value is -2.18. The van der Waals surface area contributed by atoms with Crippen molar-refractivity contribution in [3.8, 4) is 0 Å². The Morgan fingerprint density at radius 2 is 0.712 bits per heavy atom. The zero-order valence-electron chi connectivity index (χ0n) is 48.9. The number of hydrogen-bond acceptors (Lipinski definition) is 5. The van der Waals surface area contributed by atoms with E-state index in [1.54, 1.807) is 0 Å². The number of carbonyl (C=O) groups excluding carboxylic acids is 2. The number of amides is 1. The predicted molar refractivity (Wildman–Crippen MR) is 319 cm³/mol. The Bertz CT molecular complexity index is 1230. The van der Waals surface area contributed by atoms with Crippen molar-refractivity contribution >= 4 is 11.9 Å². The first kappa shape index (κ1) is 70.8. The maximum atomic E-state index is 12.5. The highest BCUT2D eigenvalue weighted by atomic mass is 16.5. The van der Waals surface area contributed by atoms with Crippen LogP contribution in [0.15, 0.2) is 48.6 Å². The van der Waals surface area contributed by atoms with Crippen LogP contribution in [0.1, 0.15) is 341 Å². The number of aliphatic hydroxyl groups is 2. The van der Waals surface area contributed by atoms with Crippen LogP contribution >= 0.6 is 0 Å². The molecule has 73 heavy (non-hydrogen) atoms. The van der Waals surface area contributed by atoms with E-state index in [1.165, 1.54) is 244 Å². The smallest absolute Gasteiger partial charge is 0.305 e. The lowest BCUT2D eigenvalue weighted by molar-refractivity contribution is -0.143. The lowest BCUT2D eigenvalue weighted by atomic mass is 10.0. The first-order valence-corrected chi connectivity index (χ1v) is 32.4. The number of hydrogen-bond donors (Lipinski definition) is 3. The molecule has 2 unspecified atom stereocenters. The van der Waals surface area contributed by atoms with Gasteiger partial charge in [-0.2, -0.15) is 0 Å². The first-order chi connectivity index (χ1) is 36.0. The number of carbonyl (C=O) groups is 2. The van der Waals surface area contributed by atoms with Crippen molar-refractivity contribution in [1.82, 2.24) is 5.32 Å². The molecule has 0 aliphatic carbocycles. The van der Waals surface area contributed by atoms with Crippen LogP contribution in [0.4, 0.5) is 0 Å². The molecule has 0 aromatic carbocycles. The molecule has 0 saturated carbocycles. The summed E-state index contributed by atoms with van der Waals surface area (Å²) in [6.07, 6.45) is 80.0. The van der Waals surface area contributed by atoms with Gasteiger partial charge in [0.1, 0.15) is 0 Å². The molecule has 0 radical (unpaired) electrons. The van der Waals surface area contributed by atoms with E-state index in [-0.39, 0.29) is 18.5 Å². The number of aliphatic hydroxyl groups excluding tert-OH is 2. The van der Waals surface area contributed by atoms with Crippen molar-refractivity contribution in [2.45, 2.75) is 353 Å². The molecule has 0 bridgehead atoms. The first-order valence-electron chi connectivity index (χ1n) is 32.4. The standard InChI is InChI=1S/C67H125NO5/c1-3-5-7-9-11-13-15-17-18-19-20-21-23-26-29-32-36-39-43-47-51-55-59-65(70)64(63-69)68-66(71)60-56-52-48-44-40-37-33-30-27-24-22-25-28-31-34-38-42-46-50-54-58-62-73-67(72)61-57-53-49-45-41-35-16-14-12-10-8-6-4-2/h8,10,14,16,38,42,50,54,64-65,69-70H,3-7,9,11-13,15,17-37,39-41,43-49,51-53,55-63H2,1-2H3,(H,68,71)/b10-8-,16-14-,42-38-,54-50-. The van der Waals surface area contributed by atoms with Crippen LogP contribution in [-0.2, 0) is 14.3 Å². The third-order valence-corrected chi connectivity index (χ3v) is 14.9. The van der Waals surface area contributed by atoms with E-state index in [0.717, 1.165) is 64.2 Å². The fourth-order valence-corrected chi connectivity index (χ4v) is 9.93. The van der Waals surface area contributed by atoms with Crippen molar-refractivity contribution in [3.63, 3.8) is 0 Å². The lowest BCUT2D eigenvalue weighted by Gasteiger charge is -2.22. The number of unbranched alkanes of at least 4 members (excludes halogenated alkanes) is 41. The number of nitrogens with one attached hydrogen (secondary N) is 1. The molecule has 0 saturated heterocycles. The molecule has 2 atom stereocenters. The molecule has 0 aromatic heterocycles. The predicted octanol–water partition coefficient (Wildman–Crippen LogP) is 20.5. The van der Waals surface area contributed by atoms with Gasteiger partial charge in [-0.25, -0.2) is 0 Å². The Balaban J connectivity index is 3.46. The minimum absolute atomic E-state index is 0.0372. The van der Waals surface area contributed by atoms with Crippen LogP contribution in [0.3, 0.4) is 0 Å². The summed E-state index contributed by atoms with van der Waals surface area (Å²) in [5.74, 6) is -0.0877. The van der Waals surface area contributed by atoms with Crippen LogP contribution < -0.4 is 5.32 Å². The van der Waals surface area contributed by atoms with Crippen molar-refractivity contribution in [2.24, 2.45) is 0 Å². The summed E-state index contributed by atoms with van der Waals surface area (Å²) in [5.41, 5.74) is 0. The summed E-state index contributed by atoms with van der Waals surface area (Å²) < 4.78 is 5.40. The summed E-state index contributed by atoms with van der Waals surface area (Å²) in [5, 5.41) is 23.4. The molecule has 0 aliphatic heterocycles. The van der Waals surface area contributed by atoms with Gasteiger partial charge in [0.25, 0.3) is 0 Å². The van der Waals surface area contributed by atoms with E-state index in [1.807, 2.05) is 0 Å².